The van der Waals surface area contributed by atoms with Gasteiger partial charge in [-0.05, 0) is 49.2 Å². The third-order valence-electron chi connectivity index (χ3n) is 4.52. The van der Waals surface area contributed by atoms with Crippen molar-refractivity contribution in [3.63, 3.8) is 0 Å². The van der Waals surface area contributed by atoms with Crippen LogP contribution in [0.1, 0.15) is 30.5 Å². The highest BCUT2D eigenvalue weighted by Crippen LogP contribution is 2.35. The number of nitrogens with one attached hydrogen (secondary N) is 1. The van der Waals surface area contributed by atoms with Crippen LogP contribution in [-0.2, 0) is 4.74 Å². The molecule has 0 saturated carbocycles. The molecule has 1 aliphatic heterocycles. The Morgan fingerprint density at radius 2 is 1.90 bits per heavy atom. The third-order valence-corrected chi connectivity index (χ3v) is 4.52. The summed E-state index contributed by atoms with van der Waals surface area (Å²) in [4.78, 5) is 0. The first-order valence-corrected chi connectivity index (χ1v) is 7.48. The molecule has 3 unspecified atom stereocenters. The average molecular weight is 269 g/mol. The van der Waals surface area contributed by atoms with Gasteiger partial charge in [0.1, 0.15) is 0 Å². The molecule has 0 radical (unpaired) electrons. The van der Waals surface area contributed by atoms with Gasteiger partial charge in [-0.1, -0.05) is 36.4 Å². The largest absolute Gasteiger partial charge is 0.378 e. The normalized spacial score (nSPS) is 24.1. The van der Waals surface area contributed by atoms with Crippen LogP contribution < -0.4 is 5.32 Å². The van der Waals surface area contributed by atoms with Crippen molar-refractivity contribution >= 4 is 10.8 Å². The molecule has 0 aromatic heterocycles. The minimum Gasteiger partial charge on any atom is -0.378 e. The zero-order chi connectivity index (χ0) is 14.1. The van der Waals surface area contributed by atoms with Gasteiger partial charge in [-0.25, -0.2) is 0 Å². The van der Waals surface area contributed by atoms with E-state index in [0.29, 0.717) is 18.1 Å². The Morgan fingerprint density at radius 3 is 2.55 bits per heavy atom. The first-order valence-electron chi connectivity index (χ1n) is 7.48. The van der Waals surface area contributed by atoms with Gasteiger partial charge < -0.3 is 10.1 Å². The molecule has 1 fully saturated rings. The minimum absolute atomic E-state index is 0.366. The van der Waals surface area contributed by atoms with E-state index < -0.39 is 0 Å². The molecule has 1 saturated heterocycles. The van der Waals surface area contributed by atoms with Crippen molar-refractivity contribution in [1.29, 1.82) is 0 Å². The van der Waals surface area contributed by atoms with Gasteiger partial charge in [0.15, 0.2) is 0 Å². The van der Waals surface area contributed by atoms with Crippen LogP contribution in [-0.4, -0.2) is 19.8 Å². The van der Waals surface area contributed by atoms with Crippen LogP contribution in [0.5, 0.6) is 0 Å². The Kier molecular flexibility index (Phi) is 3.77. The second kappa shape index (κ2) is 5.55. The first kappa shape index (κ1) is 13.6. The maximum Gasteiger partial charge on any atom is 0.0551 e. The number of fused-ring (bicyclic) bond motifs is 1. The topological polar surface area (TPSA) is 21.3 Å². The fourth-order valence-corrected chi connectivity index (χ4v) is 3.47. The Hall–Kier alpha value is -1.38. The van der Waals surface area contributed by atoms with Gasteiger partial charge in [-0.2, -0.15) is 0 Å². The van der Waals surface area contributed by atoms with E-state index in [1.807, 2.05) is 0 Å². The number of hydrogen-bond donors (Lipinski definition) is 1. The number of hydrogen-bond acceptors (Lipinski definition) is 2. The molecule has 1 N–H and O–H groups in total. The molecule has 106 valence electrons. The summed E-state index contributed by atoms with van der Waals surface area (Å²) >= 11 is 0. The highest BCUT2D eigenvalue weighted by Gasteiger charge is 2.30. The molecule has 3 rings (SSSR count). The Morgan fingerprint density at radius 1 is 1.15 bits per heavy atom. The lowest BCUT2D eigenvalue weighted by atomic mass is 9.87. The molecule has 2 nitrogen and oxygen atoms in total. The summed E-state index contributed by atoms with van der Waals surface area (Å²) in [5.74, 6) is 0.557. The predicted octanol–water partition coefficient (Wildman–Crippen LogP) is 3.83. The van der Waals surface area contributed by atoms with Crippen molar-refractivity contribution in [2.75, 3.05) is 13.7 Å². The summed E-state index contributed by atoms with van der Waals surface area (Å²) in [6.45, 7) is 5.20. The molecule has 2 aromatic rings. The van der Waals surface area contributed by atoms with E-state index in [1.165, 1.54) is 21.9 Å². The number of ether oxygens (including phenoxy) is 1. The van der Waals surface area contributed by atoms with Crippen molar-refractivity contribution in [3.05, 3.63) is 47.5 Å². The highest BCUT2D eigenvalue weighted by molar-refractivity contribution is 5.89. The van der Waals surface area contributed by atoms with E-state index in [1.54, 1.807) is 0 Å². The standard InChI is InChI=1S/C18H23NO/c1-12-8-9-17(16-7-5-4-6-15(12)16)18(19-3)14-10-13(2)20-11-14/h4-9,13-14,18-19H,10-11H2,1-3H3. The molecule has 0 amide bonds. The second-order valence-electron chi connectivity index (χ2n) is 5.92. The van der Waals surface area contributed by atoms with Crippen LogP contribution in [0.3, 0.4) is 0 Å². The molecule has 1 heterocycles. The molecule has 3 atom stereocenters. The second-order valence-corrected chi connectivity index (χ2v) is 5.92. The smallest absolute Gasteiger partial charge is 0.0551 e. The van der Waals surface area contributed by atoms with Crippen molar-refractivity contribution < 1.29 is 4.74 Å². The van der Waals surface area contributed by atoms with E-state index in [4.69, 9.17) is 4.74 Å². The lowest BCUT2D eigenvalue weighted by Crippen LogP contribution is -2.26. The van der Waals surface area contributed by atoms with Gasteiger partial charge in [0.05, 0.1) is 12.7 Å². The summed E-state index contributed by atoms with van der Waals surface area (Å²) < 4.78 is 5.77. The van der Waals surface area contributed by atoms with Crippen molar-refractivity contribution in [1.82, 2.24) is 5.32 Å². The van der Waals surface area contributed by atoms with E-state index in [2.05, 4.69) is 62.6 Å². The van der Waals surface area contributed by atoms with Gasteiger partial charge in [0, 0.05) is 12.0 Å². The van der Waals surface area contributed by atoms with E-state index >= 15 is 0 Å². The molecular formula is C18H23NO. The maximum absolute atomic E-state index is 5.77. The Bertz CT molecular complexity index is 607. The monoisotopic (exact) mass is 269 g/mol. The van der Waals surface area contributed by atoms with Crippen LogP contribution in [0.25, 0.3) is 10.8 Å². The number of benzene rings is 2. The number of rotatable bonds is 3. The van der Waals surface area contributed by atoms with Gasteiger partial charge in [0.2, 0.25) is 0 Å². The number of aryl methyl sites for hydroxylation is 1. The Balaban J connectivity index is 2.06. The zero-order valence-electron chi connectivity index (χ0n) is 12.5. The third kappa shape index (κ3) is 2.34. The quantitative estimate of drug-likeness (QED) is 0.914. The Labute approximate surface area is 121 Å². The molecule has 20 heavy (non-hydrogen) atoms. The molecule has 1 aliphatic rings. The fraction of sp³-hybridized carbons (Fsp3) is 0.444. The van der Waals surface area contributed by atoms with Crippen LogP contribution in [0.2, 0.25) is 0 Å². The van der Waals surface area contributed by atoms with Gasteiger partial charge in [-0.3, -0.25) is 0 Å². The van der Waals surface area contributed by atoms with Gasteiger partial charge >= 0.3 is 0 Å². The fourth-order valence-electron chi connectivity index (χ4n) is 3.47. The SMILES string of the molecule is CNC(c1ccc(C)c2ccccc12)C1COC(C)C1. The predicted molar refractivity (Wildman–Crippen MR) is 84.0 cm³/mol. The summed E-state index contributed by atoms with van der Waals surface area (Å²) in [6.07, 6.45) is 1.51. The van der Waals surface area contributed by atoms with Gasteiger partial charge in [-0.15, -0.1) is 0 Å². The van der Waals surface area contributed by atoms with Crippen LogP contribution in [0, 0.1) is 12.8 Å². The molecule has 0 spiro atoms. The maximum atomic E-state index is 5.77. The summed E-state index contributed by atoms with van der Waals surface area (Å²) in [6, 6.07) is 13.6. The summed E-state index contributed by atoms with van der Waals surface area (Å²) in [5, 5.41) is 6.24. The van der Waals surface area contributed by atoms with Crippen LogP contribution in [0.4, 0.5) is 0 Å². The van der Waals surface area contributed by atoms with Crippen LogP contribution in [0.15, 0.2) is 36.4 Å². The van der Waals surface area contributed by atoms with Gasteiger partial charge in [0.25, 0.3) is 0 Å². The van der Waals surface area contributed by atoms with Crippen molar-refractivity contribution in [3.8, 4) is 0 Å². The van der Waals surface area contributed by atoms with E-state index in [0.717, 1.165) is 13.0 Å². The lowest BCUT2D eigenvalue weighted by Gasteiger charge is -2.24. The first-order chi connectivity index (χ1) is 9.70. The van der Waals surface area contributed by atoms with Crippen molar-refractivity contribution in [2.24, 2.45) is 5.92 Å². The highest BCUT2D eigenvalue weighted by atomic mass is 16.5. The van der Waals surface area contributed by atoms with E-state index in [-0.39, 0.29) is 0 Å². The molecule has 0 aliphatic carbocycles. The lowest BCUT2D eigenvalue weighted by molar-refractivity contribution is 0.117. The molecule has 0 bridgehead atoms. The zero-order valence-corrected chi connectivity index (χ0v) is 12.5. The van der Waals surface area contributed by atoms with Crippen molar-refractivity contribution in [2.45, 2.75) is 32.4 Å². The molecular weight excluding hydrogens is 246 g/mol. The minimum atomic E-state index is 0.366. The molecule has 2 heteroatoms. The average Bonchev–Trinajstić information content (AvgIpc) is 2.89. The van der Waals surface area contributed by atoms with Crippen LogP contribution >= 0.6 is 0 Å². The summed E-state index contributed by atoms with van der Waals surface area (Å²) in [5.41, 5.74) is 2.74. The van der Waals surface area contributed by atoms with E-state index in [9.17, 15) is 0 Å². The summed E-state index contributed by atoms with van der Waals surface area (Å²) in [7, 11) is 2.06. The molecule has 2 aromatic carbocycles.